The zero-order chi connectivity index (χ0) is 16.7. The molecule has 7 heteroatoms. The van der Waals surface area contributed by atoms with E-state index in [1.807, 2.05) is 29.2 Å². The third-order valence-corrected chi connectivity index (χ3v) is 5.49. The summed E-state index contributed by atoms with van der Waals surface area (Å²) < 4.78 is 1.51. The number of hydrogen-bond donors (Lipinski definition) is 1. The van der Waals surface area contributed by atoms with Crippen LogP contribution in [-0.4, -0.2) is 44.2 Å². The summed E-state index contributed by atoms with van der Waals surface area (Å²) in [6.45, 7) is 1.68. The van der Waals surface area contributed by atoms with Crippen LogP contribution in [0.1, 0.15) is 12.8 Å². The summed E-state index contributed by atoms with van der Waals surface area (Å²) in [5, 5.41) is 1.50. The van der Waals surface area contributed by atoms with Gasteiger partial charge in [0, 0.05) is 31.0 Å². The molecule has 2 aromatic heterocycles. The first-order valence-corrected chi connectivity index (χ1v) is 9.02. The van der Waals surface area contributed by atoms with Crippen LogP contribution in [0.15, 0.2) is 34.2 Å². The van der Waals surface area contributed by atoms with Crippen LogP contribution < -0.4 is 5.56 Å². The standard InChI is InChI=1S/C17H18N4O2S/c1-20-16(23)15-14(11-6-2-3-7-12(11)18-15)19-17(20)24-10-13(22)21-8-4-5-9-21/h2-3,6-7,18H,4-5,8-10H2,1H3. The normalized spacial score (nSPS) is 14.8. The van der Waals surface area contributed by atoms with Gasteiger partial charge < -0.3 is 9.88 Å². The number of thioether (sulfide) groups is 1. The average Bonchev–Trinajstić information content (AvgIpc) is 3.24. The Kier molecular flexibility index (Phi) is 3.80. The molecule has 1 aliphatic heterocycles. The molecule has 0 unspecified atom stereocenters. The number of nitrogens with zero attached hydrogens (tertiary/aromatic N) is 3. The highest BCUT2D eigenvalue weighted by molar-refractivity contribution is 7.99. The first kappa shape index (κ1) is 15.3. The number of para-hydroxylation sites is 1. The summed E-state index contributed by atoms with van der Waals surface area (Å²) in [5.74, 6) is 0.430. The highest BCUT2D eigenvalue weighted by Gasteiger charge is 2.19. The van der Waals surface area contributed by atoms with Crippen molar-refractivity contribution in [3.05, 3.63) is 34.6 Å². The Bertz CT molecular complexity index is 985. The number of amides is 1. The fourth-order valence-electron chi connectivity index (χ4n) is 3.14. The van der Waals surface area contributed by atoms with Crippen molar-refractivity contribution in [1.82, 2.24) is 19.4 Å². The summed E-state index contributed by atoms with van der Waals surface area (Å²) in [4.78, 5) is 34.5. The van der Waals surface area contributed by atoms with E-state index in [9.17, 15) is 9.59 Å². The minimum atomic E-state index is -0.118. The highest BCUT2D eigenvalue weighted by atomic mass is 32.2. The van der Waals surface area contributed by atoms with Gasteiger partial charge in [-0.2, -0.15) is 0 Å². The molecule has 6 nitrogen and oxygen atoms in total. The summed E-state index contributed by atoms with van der Waals surface area (Å²) >= 11 is 1.33. The van der Waals surface area contributed by atoms with Crippen molar-refractivity contribution in [2.24, 2.45) is 7.05 Å². The molecule has 0 radical (unpaired) electrons. The summed E-state index contributed by atoms with van der Waals surface area (Å²) in [6.07, 6.45) is 2.16. The van der Waals surface area contributed by atoms with Gasteiger partial charge in [0.05, 0.1) is 5.75 Å². The Labute approximate surface area is 142 Å². The molecule has 0 bridgehead atoms. The van der Waals surface area contributed by atoms with Gasteiger partial charge in [-0.25, -0.2) is 4.98 Å². The number of nitrogens with one attached hydrogen (secondary N) is 1. The van der Waals surface area contributed by atoms with Gasteiger partial charge in [0.25, 0.3) is 5.56 Å². The Hall–Kier alpha value is -2.28. The molecule has 24 heavy (non-hydrogen) atoms. The number of rotatable bonds is 3. The quantitative estimate of drug-likeness (QED) is 0.585. The second-order valence-corrected chi connectivity index (χ2v) is 6.97. The van der Waals surface area contributed by atoms with Gasteiger partial charge in [-0.15, -0.1) is 0 Å². The van der Waals surface area contributed by atoms with Gasteiger partial charge in [-0.3, -0.25) is 14.2 Å². The largest absolute Gasteiger partial charge is 0.349 e. The summed E-state index contributed by atoms with van der Waals surface area (Å²) in [7, 11) is 1.70. The molecule has 0 aliphatic carbocycles. The molecule has 1 amide bonds. The fourth-order valence-corrected chi connectivity index (χ4v) is 4.00. The molecule has 3 aromatic rings. The van der Waals surface area contributed by atoms with Crippen molar-refractivity contribution >= 4 is 39.6 Å². The maximum Gasteiger partial charge on any atom is 0.278 e. The predicted molar refractivity (Wildman–Crippen MR) is 95.4 cm³/mol. The fraction of sp³-hybridized carbons (Fsp3) is 0.353. The van der Waals surface area contributed by atoms with Gasteiger partial charge in [0.2, 0.25) is 5.91 Å². The topological polar surface area (TPSA) is 71.0 Å². The lowest BCUT2D eigenvalue weighted by Crippen LogP contribution is -2.29. The first-order valence-electron chi connectivity index (χ1n) is 8.03. The molecule has 0 atom stereocenters. The van der Waals surface area contributed by atoms with Crippen LogP contribution in [0.25, 0.3) is 21.9 Å². The number of hydrogen-bond acceptors (Lipinski definition) is 4. The van der Waals surface area contributed by atoms with Crippen LogP contribution in [-0.2, 0) is 11.8 Å². The van der Waals surface area contributed by atoms with E-state index < -0.39 is 0 Å². The van der Waals surface area contributed by atoms with E-state index in [0.717, 1.165) is 36.8 Å². The molecule has 124 valence electrons. The molecule has 1 aromatic carbocycles. The molecule has 1 aliphatic rings. The van der Waals surface area contributed by atoms with Crippen LogP contribution in [0.2, 0.25) is 0 Å². The van der Waals surface area contributed by atoms with E-state index in [4.69, 9.17) is 0 Å². The third kappa shape index (κ3) is 2.49. The average molecular weight is 342 g/mol. The number of carbonyl (C=O) groups is 1. The Balaban J connectivity index is 1.70. The van der Waals surface area contributed by atoms with Gasteiger partial charge in [-0.1, -0.05) is 30.0 Å². The van der Waals surface area contributed by atoms with Crippen molar-refractivity contribution in [3.8, 4) is 0 Å². The van der Waals surface area contributed by atoms with E-state index in [1.54, 1.807) is 7.05 Å². The molecule has 0 saturated carbocycles. The Morgan fingerprint density at radius 3 is 2.83 bits per heavy atom. The van der Waals surface area contributed by atoms with Gasteiger partial charge in [-0.05, 0) is 18.9 Å². The number of likely N-dealkylation sites (tertiary alicyclic amines) is 1. The second kappa shape index (κ2) is 5.98. The van der Waals surface area contributed by atoms with E-state index in [-0.39, 0.29) is 11.5 Å². The minimum Gasteiger partial charge on any atom is -0.349 e. The van der Waals surface area contributed by atoms with Gasteiger partial charge >= 0.3 is 0 Å². The Morgan fingerprint density at radius 2 is 2.04 bits per heavy atom. The number of H-pyrrole nitrogens is 1. The lowest BCUT2D eigenvalue weighted by Gasteiger charge is -2.15. The van der Waals surface area contributed by atoms with Crippen LogP contribution in [0.4, 0.5) is 0 Å². The SMILES string of the molecule is Cn1c(SCC(=O)N2CCCC2)nc2c([nH]c3ccccc32)c1=O. The van der Waals surface area contributed by atoms with Crippen molar-refractivity contribution in [2.45, 2.75) is 18.0 Å². The second-order valence-electron chi connectivity index (χ2n) is 6.03. The molecular weight excluding hydrogens is 324 g/mol. The lowest BCUT2D eigenvalue weighted by atomic mass is 10.2. The van der Waals surface area contributed by atoms with Crippen molar-refractivity contribution < 1.29 is 4.79 Å². The number of carbonyl (C=O) groups excluding carboxylic acids is 1. The number of aromatic nitrogens is 3. The number of fused-ring (bicyclic) bond motifs is 3. The molecule has 0 spiro atoms. The molecular formula is C17H18N4O2S. The molecule has 3 heterocycles. The van der Waals surface area contributed by atoms with E-state index >= 15 is 0 Å². The van der Waals surface area contributed by atoms with Crippen molar-refractivity contribution in [3.63, 3.8) is 0 Å². The van der Waals surface area contributed by atoms with Crippen molar-refractivity contribution in [2.75, 3.05) is 18.8 Å². The van der Waals surface area contributed by atoms with Crippen LogP contribution in [0.5, 0.6) is 0 Å². The molecule has 1 N–H and O–H groups in total. The van der Waals surface area contributed by atoms with Crippen LogP contribution in [0, 0.1) is 0 Å². The third-order valence-electron chi connectivity index (χ3n) is 4.48. The maximum atomic E-state index is 12.6. The van der Waals surface area contributed by atoms with Gasteiger partial charge in [0.1, 0.15) is 11.0 Å². The van der Waals surface area contributed by atoms with Crippen LogP contribution in [0.3, 0.4) is 0 Å². The van der Waals surface area contributed by atoms with E-state index in [2.05, 4.69) is 9.97 Å². The number of aromatic amines is 1. The zero-order valence-electron chi connectivity index (χ0n) is 13.4. The first-order chi connectivity index (χ1) is 11.6. The van der Waals surface area contributed by atoms with Gasteiger partial charge in [0.15, 0.2) is 5.16 Å². The predicted octanol–water partition coefficient (Wildman–Crippen LogP) is 2.13. The molecule has 4 rings (SSSR count). The summed E-state index contributed by atoms with van der Waals surface area (Å²) in [6, 6.07) is 7.73. The highest BCUT2D eigenvalue weighted by Crippen LogP contribution is 2.24. The summed E-state index contributed by atoms with van der Waals surface area (Å²) in [5.41, 5.74) is 1.96. The lowest BCUT2D eigenvalue weighted by molar-refractivity contribution is -0.127. The minimum absolute atomic E-state index is 0.116. The maximum absolute atomic E-state index is 12.6. The number of benzene rings is 1. The Morgan fingerprint density at radius 1 is 1.29 bits per heavy atom. The zero-order valence-corrected chi connectivity index (χ0v) is 14.2. The molecule has 1 fully saturated rings. The van der Waals surface area contributed by atoms with Crippen LogP contribution >= 0.6 is 11.8 Å². The monoisotopic (exact) mass is 342 g/mol. The smallest absolute Gasteiger partial charge is 0.278 e. The van der Waals surface area contributed by atoms with Crippen molar-refractivity contribution in [1.29, 1.82) is 0 Å². The molecule has 1 saturated heterocycles. The van der Waals surface area contributed by atoms with E-state index in [0.29, 0.717) is 21.9 Å². The van der Waals surface area contributed by atoms with E-state index in [1.165, 1.54) is 16.3 Å².